The summed E-state index contributed by atoms with van der Waals surface area (Å²) >= 11 is 0. The summed E-state index contributed by atoms with van der Waals surface area (Å²) in [6, 6.07) is 13.9. The van der Waals surface area contributed by atoms with Gasteiger partial charge in [0, 0.05) is 49.2 Å². The van der Waals surface area contributed by atoms with Gasteiger partial charge in [-0.25, -0.2) is 0 Å². The van der Waals surface area contributed by atoms with Crippen molar-refractivity contribution in [3.8, 4) is 0 Å². The molecule has 1 saturated carbocycles. The molecule has 1 heterocycles. The van der Waals surface area contributed by atoms with Gasteiger partial charge in [0.2, 0.25) is 5.91 Å². The predicted molar refractivity (Wildman–Crippen MR) is 120 cm³/mol. The third-order valence-corrected chi connectivity index (χ3v) is 5.98. The van der Waals surface area contributed by atoms with Crippen molar-refractivity contribution in [2.24, 2.45) is 0 Å². The summed E-state index contributed by atoms with van der Waals surface area (Å²) in [5.41, 5.74) is 5.18. The molecule has 0 bridgehead atoms. The van der Waals surface area contributed by atoms with E-state index < -0.39 is 0 Å². The van der Waals surface area contributed by atoms with Crippen LogP contribution in [0.15, 0.2) is 42.5 Å². The maximum absolute atomic E-state index is 12.5. The summed E-state index contributed by atoms with van der Waals surface area (Å²) in [4.78, 5) is 29.3. The highest BCUT2D eigenvalue weighted by Crippen LogP contribution is 2.24. The first kappa shape index (κ1) is 20.4. The molecule has 2 aliphatic rings. The average molecular weight is 407 g/mol. The van der Waals surface area contributed by atoms with Crippen LogP contribution in [0.5, 0.6) is 0 Å². The first-order valence-electron chi connectivity index (χ1n) is 10.7. The summed E-state index contributed by atoms with van der Waals surface area (Å²) < 4.78 is 0. The largest absolute Gasteiger partial charge is 0.369 e. The highest BCUT2D eigenvalue weighted by atomic mass is 16.2. The van der Waals surface area contributed by atoms with Gasteiger partial charge in [-0.3, -0.25) is 14.5 Å². The van der Waals surface area contributed by atoms with Crippen LogP contribution in [0.2, 0.25) is 0 Å². The van der Waals surface area contributed by atoms with Crippen molar-refractivity contribution in [3.63, 3.8) is 0 Å². The van der Waals surface area contributed by atoms with Crippen LogP contribution >= 0.6 is 0 Å². The second kappa shape index (κ2) is 8.88. The van der Waals surface area contributed by atoms with Crippen molar-refractivity contribution >= 4 is 23.2 Å². The van der Waals surface area contributed by atoms with E-state index in [1.807, 2.05) is 6.07 Å². The van der Waals surface area contributed by atoms with Crippen LogP contribution in [0.25, 0.3) is 0 Å². The molecule has 2 amide bonds. The fourth-order valence-electron chi connectivity index (χ4n) is 3.86. The number of hydrogen-bond donors (Lipinski definition) is 2. The fraction of sp³-hybridized carbons (Fsp3) is 0.417. The van der Waals surface area contributed by atoms with Gasteiger partial charge in [-0.05, 0) is 62.1 Å². The summed E-state index contributed by atoms with van der Waals surface area (Å²) in [7, 11) is 0. The molecule has 1 aliphatic carbocycles. The molecule has 1 saturated heterocycles. The Balaban J connectivity index is 1.28. The van der Waals surface area contributed by atoms with E-state index in [1.54, 1.807) is 18.2 Å². The molecule has 0 unspecified atom stereocenters. The molecule has 2 aromatic carbocycles. The number of rotatable bonds is 6. The summed E-state index contributed by atoms with van der Waals surface area (Å²) in [6.07, 6.45) is 2.11. The third kappa shape index (κ3) is 5.00. The monoisotopic (exact) mass is 406 g/mol. The number of nitrogens with zero attached hydrogens (tertiary/aromatic N) is 2. The van der Waals surface area contributed by atoms with Crippen LogP contribution < -0.4 is 15.5 Å². The molecule has 0 aromatic heterocycles. The minimum Gasteiger partial charge on any atom is -0.369 e. The van der Waals surface area contributed by atoms with Gasteiger partial charge in [-0.15, -0.1) is 0 Å². The Morgan fingerprint density at radius 3 is 2.47 bits per heavy atom. The number of hydrogen-bond acceptors (Lipinski definition) is 4. The van der Waals surface area contributed by atoms with Gasteiger partial charge in [0.15, 0.2) is 0 Å². The normalized spacial score (nSPS) is 16.9. The lowest BCUT2D eigenvalue weighted by molar-refractivity contribution is -0.117. The summed E-state index contributed by atoms with van der Waals surface area (Å²) in [5, 5.41) is 5.92. The Kier molecular flexibility index (Phi) is 6.04. The van der Waals surface area contributed by atoms with Crippen molar-refractivity contribution in [3.05, 3.63) is 59.2 Å². The maximum Gasteiger partial charge on any atom is 0.251 e. The van der Waals surface area contributed by atoms with Gasteiger partial charge in [-0.2, -0.15) is 0 Å². The highest BCUT2D eigenvalue weighted by molar-refractivity contribution is 5.97. The van der Waals surface area contributed by atoms with E-state index in [0.29, 0.717) is 23.8 Å². The number of nitrogens with one attached hydrogen (secondary N) is 2. The Labute approximate surface area is 178 Å². The van der Waals surface area contributed by atoms with Crippen LogP contribution in [0, 0.1) is 13.8 Å². The number of piperazine rings is 1. The topological polar surface area (TPSA) is 64.7 Å². The molecule has 2 aromatic rings. The molecule has 0 atom stereocenters. The number of amides is 2. The zero-order valence-electron chi connectivity index (χ0n) is 17.8. The van der Waals surface area contributed by atoms with Crippen molar-refractivity contribution in [1.82, 2.24) is 10.2 Å². The van der Waals surface area contributed by atoms with E-state index in [0.717, 1.165) is 39.0 Å². The first-order valence-corrected chi connectivity index (χ1v) is 10.7. The fourth-order valence-corrected chi connectivity index (χ4v) is 3.86. The molecule has 4 rings (SSSR count). The van der Waals surface area contributed by atoms with Gasteiger partial charge in [0.25, 0.3) is 5.91 Å². The van der Waals surface area contributed by atoms with E-state index >= 15 is 0 Å². The van der Waals surface area contributed by atoms with Crippen LogP contribution in [0.4, 0.5) is 11.4 Å². The lowest BCUT2D eigenvalue weighted by Gasteiger charge is -2.36. The van der Waals surface area contributed by atoms with E-state index in [-0.39, 0.29) is 11.8 Å². The SMILES string of the molecule is Cc1cccc(N2CCN(CC(=O)Nc3cccc(C(=O)NC4CC4)c3)CC2)c1C. The quantitative estimate of drug-likeness (QED) is 0.774. The number of aryl methyl sites for hydroxylation is 1. The molecule has 1 aliphatic heterocycles. The Hall–Kier alpha value is -2.86. The van der Waals surface area contributed by atoms with E-state index in [4.69, 9.17) is 0 Å². The lowest BCUT2D eigenvalue weighted by Crippen LogP contribution is -2.48. The molecule has 2 N–H and O–H groups in total. The lowest BCUT2D eigenvalue weighted by atomic mass is 10.1. The number of carbonyl (C=O) groups excluding carboxylic acids is 2. The Morgan fingerprint density at radius 1 is 1.00 bits per heavy atom. The number of anilines is 2. The summed E-state index contributed by atoms with van der Waals surface area (Å²) in [6.45, 7) is 8.20. The van der Waals surface area contributed by atoms with Crippen LogP contribution in [-0.2, 0) is 4.79 Å². The number of benzene rings is 2. The molecule has 0 radical (unpaired) electrons. The minimum atomic E-state index is -0.0730. The van der Waals surface area contributed by atoms with Crippen molar-refractivity contribution in [2.75, 3.05) is 42.9 Å². The number of carbonyl (C=O) groups is 2. The van der Waals surface area contributed by atoms with Gasteiger partial charge in [0.1, 0.15) is 0 Å². The molecule has 158 valence electrons. The van der Waals surface area contributed by atoms with Gasteiger partial charge in [-0.1, -0.05) is 18.2 Å². The first-order chi connectivity index (χ1) is 14.5. The van der Waals surface area contributed by atoms with E-state index in [9.17, 15) is 9.59 Å². The summed E-state index contributed by atoms with van der Waals surface area (Å²) in [5.74, 6) is -0.119. The van der Waals surface area contributed by atoms with Crippen molar-refractivity contribution in [2.45, 2.75) is 32.7 Å². The molecule has 0 spiro atoms. The third-order valence-electron chi connectivity index (χ3n) is 5.98. The van der Waals surface area contributed by atoms with Crippen LogP contribution in [0.1, 0.15) is 34.3 Å². The minimum absolute atomic E-state index is 0.0464. The Morgan fingerprint density at radius 2 is 1.73 bits per heavy atom. The van der Waals surface area contributed by atoms with Gasteiger partial charge < -0.3 is 15.5 Å². The van der Waals surface area contributed by atoms with E-state index in [1.165, 1.54) is 16.8 Å². The second-order valence-corrected chi connectivity index (χ2v) is 8.36. The van der Waals surface area contributed by atoms with Crippen molar-refractivity contribution < 1.29 is 9.59 Å². The zero-order chi connectivity index (χ0) is 21.1. The van der Waals surface area contributed by atoms with Gasteiger partial charge in [0.05, 0.1) is 6.54 Å². The molecular formula is C24H30N4O2. The predicted octanol–water partition coefficient (Wildman–Crippen LogP) is 2.96. The standard InChI is InChI=1S/C24H30N4O2/c1-17-5-3-8-22(18(17)2)28-13-11-27(12-14-28)16-23(29)25-21-7-4-6-19(15-21)24(30)26-20-9-10-20/h3-8,15,20H,9-14,16H2,1-2H3,(H,25,29)(H,26,30). The van der Waals surface area contributed by atoms with E-state index in [2.05, 4.69) is 52.5 Å². The smallest absolute Gasteiger partial charge is 0.251 e. The average Bonchev–Trinajstić information content (AvgIpc) is 3.55. The maximum atomic E-state index is 12.5. The molecule has 30 heavy (non-hydrogen) atoms. The van der Waals surface area contributed by atoms with Crippen LogP contribution in [-0.4, -0.2) is 55.5 Å². The molecule has 6 nitrogen and oxygen atoms in total. The second-order valence-electron chi connectivity index (χ2n) is 8.36. The zero-order valence-corrected chi connectivity index (χ0v) is 17.8. The molecular weight excluding hydrogens is 376 g/mol. The van der Waals surface area contributed by atoms with Crippen LogP contribution in [0.3, 0.4) is 0 Å². The highest BCUT2D eigenvalue weighted by Gasteiger charge is 2.24. The molecule has 6 heteroatoms. The van der Waals surface area contributed by atoms with Gasteiger partial charge >= 0.3 is 0 Å². The molecule has 2 fully saturated rings. The van der Waals surface area contributed by atoms with Crippen molar-refractivity contribution in [1.29, 1.82) is 0 Å². The Bertz CT molecular complexity index is 931.